The summed E-state index contributed by atoms with van der Waals surface area (Å²) in [4.78, 5) is 28.2. The van der Waals surface area contributed by atoms with Crippen LogP contribution in [-0.2, 0) is 23.3 Å². The average molecular weight is 379 g/mol. The minimum Gasteiger partial charge on any atom is -0.323 e. The largest absolute Gasteiger partial charge is 0.323 e. The topological polar surface area (TPSA) is 66.7 Å². The second-order valence-corrected chi connectivity index (χ2v) is 7.72. The van der Waals surface area contributed by atoms with Crippen molar-refractivity contribution in [1.82, 2.24) is 9.80 Å². The minimum absolute atomic E-state index is 0.0101. The summed E-state index contributed by atoms with van der Waals surface area (Å²) in [6, 6.07) is 14.8. The molecule has 28 heavy (non-hydrogen) atoms. The van der Waals surface area contributed by atoms with Crippen molar-refractivity contribution in [3.63, 3.8) is 0 Å². The van der Waals surface area contributed by atoms with Gasteiger partial charge in [0.2, 0.25) is 5.91 Å². The molecule has 1 atom stereocenters. The molecule has 0 bridgehead atoms. The lowest BCUT2D eigenvalue weighted by Gasteiger charge is -2.46. The Morgan fingerprint density at radius 2 is 1.93 bits per heavy atom. The molecular weight excluding hydrogens is 354 g/mol. The highest BCUT2D eigenvalue weighted by atomic mass is 16.6. The standard InChI is InChI=1S/C22H25N3O3/c1-23(21(26)16-17-7-6-9-19(15-17)25(27)28)22(24-13-4-5-14-24)12-11-18-8-2-3-10-20(18)22/h2-3,6-10,15H,4-5,11-14,16H2,1H3. The number of rotatable bonds is 5. The van der Waals surface area contributed by atoms with E-state index < -0.39 is 10.6 Å². The van der Waals surface area contributed by atoms with Crippen molar-refractivity contribution in [1.29, 1.82) is 0 Å². The first-order valence-corrected chi connectivity index (χ1v) is 9.86. The number of carbonyl (C=O) groups excluding carboxylic acids is 1. The maximum Gasteiger partial charge on any atom is 0.269 e. The van der Waals surface area contributed by atoms with Gasteiger partial charge in [-0.1, -0.05) is 36.4 Å². The number of nitro groups is 1. The van der Waals surface area contributed by atoms with Crippen LogP contribution in [0.2, 0.25) is 0 Å². The SMILES string of the molecule is CN(C(=O)Cc1cccc([N+](=O)[O-])c1)C1(N2CCCC2)CCc2ccccc21. The second-order valence-electron chi connectivity index (χ2n) is 7.72. The molecule has 0 spiro atoms. The van der Waals surface area contributed by atoms with Crippen LogP contribution < -0.4 is 0 Å². The van der Waals surface area contributed by atoms with Gasteiger partial charge in [-0.3, -0.25) is 19.8 Å². The van der Waals surface area contributed by atoms with Crippen molar-refractivity contribution < 1.29 is 9.72 Å². The summed E-state index contributed by atoms with van der Waals surface area (Å²) in [6.07, 6.45) is 4.31. The third kappa shape index (κ3) is 3.07. The van der Waals surface area contributed by atoms with Gasteiger partial charge in [0.25, 0.3) is 5.69 Å². The fourth-order valence-electron chi connectivity index (χ4n) is 4.83. The van der Waals surface area contributed by atoms with E-state index in [0.717, 1.165) is 38.8 Å². The summed E-state index contributed by atoms with van der Waals surface area (Å²) in [5.41, 5.74) is 2.82. The van der Waals surface area contributed by atoms with Crippen molar-refractivity contribution in [2.24, 2.45) is 0 Å². The number of nitrogens with zero attached hydrogens (tertiary/aromatic N) is 3. The van der Waals surface area contributed by atoms with Crippen molar-refractivity contribution >= 4 is 11.6 Å². The molecule has 6 heteroatoms. The lowest BCUT2D eigenvalue weighted by atomic mass is 9.96. The van der Waals surface area contributed by atoms with E-state index in [0.29, 0.717) is 5.56 Å². The van der Waals surface area contributed by atoms with Crippen molar-refractivity contribution in [3.8, 4) is 0 Å². The van der Waals surface area contributed by atoms with Gasteiger partial charge in [0, 0.05) is 32.3 Å². The van der Waals surface area contributed by atoms with Crippen molar-refractivity contribution in [3.05, 3.63) is 75.3 Å². The molecule has 2 aromatic rings. The lowest BCUT2D eigenvalue weighted by molar-refractivity contribution is -0.384. The van der Waals surface area contributed by atoms with Gasteiger partial charge in [-0.05, 0) is 42.4 Å². The number of nitro benzene ring substituents is 1. The molecule has 1 fully saturated rings. The van der Waals surface area contributed by atoms with Crippen LogP contribution in [0, 0.1) is 10.1 Å². The predicted molar refractivity (Wildman–Crippen MR) is 107 cm³/mol. The summed E-state index contributed by atoms with van der Waals surface area (Å²) >= 11 is 0. The van der Waals surface area contributed by atoms with Crippen LogP contribution in [-0.4, -0.2) is 40.8 Å². The maximum absolute atomic E-state index is 13.3. The molecule has 2 aliphatic rings. The third-order valence-corrected chi connectivity index (χ3v) is 6.23. The van der Waals surface area contributed by atoms with Gasteiger partial charge in [0.05, 0.1) is 11.3 Å². The summed E-state index contributed by atoms with van der Waals surface area (Å²) in [6.45, 7) is 1.98. The van der Waals surface area contributed by atoms with Crippen molar-refractivity contribution in [2.45, 2.75) is 37.8 Å². The van der Waals surface area contributed by atoms with E-state index >= 15 is 0 Å². The van der Waals surface area contributed by atoms with Gasteiger partial charge in [-0.25, -0.2) is 0 Å². The molecule has 146 valence electrons. The number of likely N-dealkylation sites (N-methyl/N-ethyl adjacent to an activating group) is 1. The van der Waals surface area contributed by atoms with Gasteiger partial charge in [0.1, 0.15) is 5.66 Å². The normalized spacial score (nSPS) is 21.5. The Balaban J connectivity index is 1.65. The number of fused-ring (bicyclic) bond motifs is 1. The van der Waals surface area contributed by atoms with Crippen LogP contribution in [0.15, 0.2) is 48.5 Å². The molecule has 0 saturated carbocycles. The molecule has 0 aromatic heterocycles. The Hall–Kier alpha value is -2.73. The third-order valence-electron chi connectivity index (χ3n) is 6.23. The Morgan fingerprint density at radius 3 is 2.68 bits per heavy atom. The summed E-state index contributed by atoms with van der Waals surface area (Å²) in [7, 11) is 1.89. The Kier molecular flexibility index (Phi) is 4.89. The highest BCUT2D eigenvalue weighted by Crippen LogP contribution is 2.45. The minimum atomic E-state index is -0.420. The van der Waals surface area contributed by atoms with E-state index in [4.69, 9.17) is 0 Å². The first-order chi connectivity index (χ1) is 13.5. The number of aryl methyl sites for hydroxylation is 1. The monoisotopic (exact) mass is 379 g/mol. The summed E-state index contributed by atoms with van der Waals surface area (Å²) in [5.74, 6) is -0.0101. The molecule has 1 aliphatic carbocycles. The number of amides is 1. The zero-order valence-corrected chi connectivity index (χ0v) is 16.1. The first kappa shape index (κ1) is 18.6. The van der Waals surface area contributed by atoms with Crippen LogP contribution in [0.25, 0.3) is 0 Å². The van der Waals surface area contributed by atoms with E-state index in [1.165, 1.54) is 23.3 Å². The second kappa shape index (κ2) is 7.36. The van der Waals surface area contributed by atoms with Crippen LogP contribution >= 0.6 is 0 Å². The van der Waals surface area contributed by atoms with Crippen LogP contribution in [0.1, 0.15) is 36.0 Å². The summed E-state index contributed by atoms with van der Waals surface area (Å²) in [5, 5.41) is 11.0. The Labute approximate surface area is 164 Å². The van der Waals surface area contributed by atoms with E-state index in [2.05, 4.69) is 23.1 Å². The fraction of sp³-hybridized carbons (Fsp3) is 0.409. The number of carbonyl (C=O) groups is 1. The summed E-state index contributed by atoms with van der Waals surface area (Å²) < 4.78 is 0. The maximum atomic E-state index is 13.3. The molecular formula is C22H25N3O3. The van der Waals surface area contributed by atoms with E-state index in [1.54, 1.807) is 12.1 Å². The van der Waals surface area contributed by atoms with Crippen LogP contribution in [0.5, 0.6) is 0 Å². The quantitative estimate of drug-likeness (QED) is 0.589. The Morgan fingerprint density at radius 1 is 1.18 bits per heavy atom. The molecule has 4 rings (SSSR count). The van der Waals surface area contributed by atoms with E-state index in [-0.39, 0.29) is 18.0 Å². The molecule has 1 heterocycles. The van der Waals surface area contributed by atoms with Crippen molar-refractivity contribution in [2.75, 3.05) is 20.1 Å². The zero-order chi connectivity index (χ0) is 19.7. The Bertz CT molecular complexity index is 907. The van der Waals surface area contributed by atoms with Gasteiger partial charge in [-0.15, -0.1) is 0 Å². The number of hydrogen-bond donors (Lipinski definition) is 0. The van der Waals surface area contributed by atoms with Gasteiger partial charge >= 0.3 is 0 Å². The fourth-order valence-corrected chi connectivity index (χ4v) is 4.83. The van der Waals surface area contributed by atoms with Crippen LogP contribution in [0.4, 0.5) is 5.69 Å². The molecule has 1 aliphatic heterocycles. The molecule has 6 nitrogen and oxygen atoms in total. The van der Waals surface area contributed by atoms with Gasteiger partial charge in [-0.2, -0.15) is 0 Å². The number of benzene rings is 2. The number of likely N-dealkylation sites (tertiary alicyclic amines) is 1. The molecule has 0 radical (unpaired) electrons. The number of non-ortho nitro benzene ring substituents is 1. The molecule has 1 unspecified atom stereocenters. The molecule has 1 amide bonds. The number of hydrogen-bond acceptors (Lipinski definition) is 4. The molecule has 1 saturated heterocycles. The van der Waals surface area contributed by atoms with E-state index in [9.17, 15) is 14.9 Å². The van der Waals surface area contributed by atoms with Crippen LogP contribution in [0.3, 0.4) is 0 Å². The zero-order valence-electron chi connectivity index (χ0n) is 16.1. The average Bonchev–Trinajstić information content (AvgIpc) is 3.36. The van der Waals surface area contributed by atoms with E-state index in [1.807, 2.05) is 18.0 Å². The van der Waals surface area contributed by atoms with Gasteiger partial charge in [0.15, 0.2) is 0 Å². The molecule has 2 aromatic carbocycles. The molecule has 0 N–H and O–H groups in total. The lowest BCUT2D eigenvalue weighted by Crippen LogP contribution is -2.57. The van der Waals surface area contributed by atoms with Gasteiger partial charge < -0.3 is 4.90 Å². The highest BCUT2D eigenvalue weighted by Gasteiger charge is 2.49. The smallest absolute Gasteiger partial charge is 0.269 e. The highest BCUT2D eigenvalue weighted by molar-refractivity contribution is 5.80. The predicted octanol–water partition coefficient (Wildman–Crippen LogP) is 3.49. The first-order valence-electron chi connectivity index (χ1n) is 9.86.